The number of aliphatic hydroxyl groups is 1. The van der Waals surface area contributed by atoms with E-state index in [1.54, 1.807) is 11.9 Å². The lowest BCUT2D eigenvalue weighted by molar-refractivity contribution is 0.112. The minimum atomic E-state index is -0.236. The summed E-state index contributed by atoms with van der Waals surface area (Å²) in [4.78, 5) is 13.7. The minimum absolute atomic E-state index is 0.0449. The van der Waals surface area contributed by atoms with E-state index in [0.717, 1.165) is 19.3 Å². The number of hydrogen-bond acceptors (Lipinski definition) is 2. The first kappa shape index (κ1) is 15.3. The van der Waals surface area contributed by atoms with Crippen molar-refractivity contribution < 1.29 is 9.90 Å². The fourth-order valence-corrected chi connectivity index (χ4v) is 2.18. The van der Waals surface area contributed by atoms with Gasteiger partial charge in [0, 0.05) is 25.6 Å². The Hall–Kier alpha value is -0.770. The second-order valence-electron chi connectivity index (χ2n) is 6.68. The van der Waals surface area contributed by atoms with E-state index in [1.807, 2.05) is 6.92 Å². The number of nitrogens with one attached hydrogen (secondary N) is 1. The smallest absolute Gasteiger partial charge is 0.317 e. The molecule has 0 aromatic rings. The third-order valence-electron chi connectivity index (χ3n) is 4.11. The summed E-state index contributed by atoms with van der Waals surface area (Å²) in [5, 5.41) is 12.8. The van der Waals surface area contributed by atoms with Crippen molar-refractivity contribution in [2.24, 2.45) is 11.3 Å². The summed E-state index contributed by atoms with van der Waals surface area (Å²) in [6, 6.07) is 0.0810. The lowest BCUT2D eigenvalue weighted by Crippen LogP contribution is -2.48. The Bertz CT molecular complexity index is 286. The van der Waals surface area contributed by atoms with E-state index >= 15 is 0 Å². The third kappa shape index (κ3) is 4.16. The third-order valence-corrected chi connectivity index (χ3v) is 4.11. The van der Waals surface area contributed by atoms with Crippen LogP contribution in [0.4, 0.5) is 4.79 Å². The van der Waals surface area contributed by atoms with Crippen LogP contribution >= 0.6 is 0 Å². The van der Waals surface area contributed by atoms with Crippen LogP contribution in [0.5, 0.6) is 0 Å². The van der Waals surface area contributed by atoms with Gasteiger partial charge in [-0.2, -0.15) is 0 Å². The molecule has 4 nitrogen and oxygen atoms in total. The van der Waals surface area contributed by atoms with Crippen LogP contribution in [-0.4, -0.2) is 41.8 Å². The van der Waals surface area contributed by atoms with Gasteiger partial charge < -0.3 is 15.3 Å². The van der Waals surface area contributed by atoms with E-state index in [4.69, 9.17) is 0 Å². The van der Waals surface area contributed by atoms with Crippen LogP contribution in [0, 0.1) is 11.3 Å². The van der Waals surface area contributed by atoms with Gasteiger partial charge in [0.25, 0.3) is 0 Å². The zero-order valence-corrected chi connectivity index (χ0v) is 12.4. The molecule has 1 aliphatic carbocycles. The number of hydrogen-bond donors (Lipinski definition) is 2. The summed E-state index contributed by atoms with van der Waals surface area (Å²) < 4.78 is 0. The molecule has 1 saturated carbocycles. The van der Waals surface area contributed by atoms with Gasteiger partial charge in [-0.3, -0.25) is 0 Å². The monoisotopic (exact) mass is 256 g/mol. The number of carbonyl (C=O) groups is 1. The largest absolute Gasteiger partial charge is 0.393 e. The van der Waals surface area contributed by atoms with Crippen LogP contribution in [0.1, 0.15) is 47.0 Å². The van der Waals surface area contributed by atoms with Crippen molar-refractivity contribution in [1.82, 2.24) is 10.2 Å². The maximum atomic E-state index is 12.0. The molecule has 0 bridgehead atoms. The molecule has 4 heteroatoms. The Morgan fingerprint density at radius 1 is 1.44 bits per heavy atom. The zero-order valence-electron chi connectivity index (χ0n) is 12.4. The number of aliphatic hydroxyl groups excluding tert-OH is 1. The molecule has 1 aliphatic rings. The van der Waals surface area contributed by atoms with Gasteiger partial charge in [0.15, 0.2) is 0 Å². The molecule has 0 aliphatic heterocycles. The van der Waals surface area contributed by atoms with Crippen molar-refractivity contribution >= 4 is 6.03 Å². The maximum absolute atomic E-state index is 12.0. The molecular formula is C14H28N2O2. The predicted molar refractivity (Wildman–Crippen MR) is 73.4 cm³/mol. The molecule has 0 radical (unpaired) electrons. The second kappa shape index (κ2) is 5.91. The van der Waals surface area contributed by atoms with Gasteiger partial charge in [0.2, 0.25) is 0 Å². The lowest BCUT2D eigenvalue weighted by Gasteiger charge is -2.31. The molecule has 0 aromatic heterocycles. The second-order valence-corrected chi connectivity index (χ2v) is 6.68. The minimum Gasteiger partial charge on any atom is -0.393 e. The average Bonchev–Trinajstić information content (AvgIpc) is 2.62. The van der Waals surface area contributed by atoms with E-state index in [2.05, 4.69) is 26.1 Å². The molecule has 1 rings (SSSR count). The maximum Gasteiger partial charge on any atom is 0.317 e. The highest BCUT2D eigenvalue weighted by molar-refractivity contribution is 5.74. The first-order chi connectivity index (χ1) is 8.21. The Kier molecular flexibility index (Phi) is 5.02. The summed E-state index contributed by atoms with van der Waals surface area (Å²) in [5.41, 5.74) is 0.0589. The quantitative estimate of drug-likeness (QED) is 0.813. The van der Waals surface area contributed by atoms with E-state index in [-0.39, 0.29) is 29.5 Å². The molecule has 0 saturated heterocycles. The average molecular weight is 256 g/mol. The molecule has 18 heavy (non-hydrogen) atoms. The van der Waals surface area contributed by atoms with E-state index in [0.29, 0.717) is 6.54 Å². The highest BCUT2D eigenvalue weighted by atomic mass is 16.3. The fourth-order valence-electron chi connectivity index (χ4n) is 2.18. The molecular weight excluding hydrogens is 228 g/mol. The summed E-state index contributed by atoms with van der Waals surface area (Å²) in [7, 11) is 1.80. The van der Waals surface area contributed by atoms with Crippen molar-refractivity contribution in [3.63, 3.8) is 0 Å². The Balaban J connectivity index is 2.42. The van der Waals surface area contributed by atoms with Crippen molar-refractivity contribution in [3.8, 4) is 0 Å². The van der Waals surface area contributed by atoms with Crippen LogP contribution < -0.4 is 5.32 Å². The summed E-state index contributed by atoms with van der Waals surface area (Å²) in [5.74, 6) is 0.241. The lowest BCUT2D eigenvalue weighted by atomic mass is 9.88. The number of amides is 2. The Morgan fingerprint density at radius 3 is 2.50 bits per heavy atom. The first-order valence-electron chi connectivity index (χ1n) is 6.91. The number of carbonyl (C=O) groups excluding carboxylic acids is 1. The molecule has 0 heterocycles. The van der Waals surface area contributed by atoms with Crippen LogP contribution in [-0.2, 0) is 0 Å². The first-order valence-corrected chi connectivity index (χ1v) is 6.91. The number of urea groups is 1. The standard InChI is InChI=1S/C14H28N2O2/c1-10(14(2,3)4)15-13(18)16(5)9-11-7-6-8-12(11)17/h10-12,17H,6-9H2,1-5H3,(H,15,18). The summed E-state index contributed by atoms with van der Waals surface area (Å²) in [6.45, 7) is 9.00. The van der Waals surface area contributed by atoms with Gasteiger partial charge >= 0.3 is 6.03 Å². The normalized spacial score (nSPS) is 25.9. The number of nitrogens with zero attached hydrogens (tertiary/aromatic N) is 1. The summed E-state index contributed by atoms with van der Waals surface area (Å²) >= 11 is 0. The van der Waals surface area contributed by atoms with E-state index in [9.17, 15) is 9.90 Å². The highest BCUT2D eigenvalue weighted by Gasteiger charge is 2.28. The molecule has 0 spiro atoms. The predicted octanol–water partition coefficient (Wildman–Crippen LogP) is 2.22. The zero-order chi connectivity index (χ0) is 13.9. The van der Waals surface area contributed by atoms with Crippen molar-refractivity contribution in [1.29, 1.82) is 0 Å². The van der Waals surface area contributed by atoms with Gasteiger partial charge in [0.1, 0.15) is 0 Å². The SMILES string of the molecule is CC(NC(=O)N(C)CC1CCCC1O)C(C)(C)C. The highest BCUT2D eigenvalue weighted by Crippen LogP contribution is 2.26. The molecule has 2 N–H and O–H groups in total. The van der Waals surface area contributed by atoms with Crippen molar-refractivity contribution in [3.05, 3.63) is 0 Å². The van der Waals surface area contributed by atoms with Gasteiger partial charge in [-0.05, 0) is 25.2 Å². The Labute approximate surface area is 111 Å². The number of rotatable bonds is 3. The van der Waals surface area contributed by atoms with Crippen molar-refractivity contribution in [2.45, 2.75) is 59.1 Å². The molecule has 3 atom stereocenters. The van der Waals surface area contributed by atoms with E-state index in [1.165, 1.54) is 0 Å². The molecule has 0 aromatic carbocycles. The van der Waals surface area contributed by atoms with Crippen LogP contribution in [0.3, 0.4) is 0 Å². The molecule has 1 fully saturated rings. The Morgan fingerprint density at radius 2 is 2.06 bits per heavy atom. The van der Waals surface area contributed by atoms with Gasteiger partial charge in [-0.25, -0.2) is 4.79 Å². The molecule has 106 valence electrons. The topological polar surface area (TPSA) is 52.6 Å². The summed E-state index contributed by atoms with van der Waals surface area (Å²) in [6.07, 6.45) is 2.73. The van der Waals surface area contributed by atoms with Gasteiger partial charge in [-0.15, -0.1) is 0 Å². The van der Waals surface area contributed by atoms with Crippen LogP contribution in [0.25, 0.3) is 0 Å². The van der Waals surface area contributed by atoms with Crippen LogP contribution in [0.2, 0.25) is 0 Å². The van der Waals surface area contributed by atoms with Gasteiger partial charge in [0.05, 0.1) is 6.10 Å². The molecule has 2 amide bonds. The van der Waals surface area contributed by atoms with Crippen LogP contribution in [0.15, 0.2) is 0 Å². The van der Waals surface area contributed by atoms with Crippen molar-refractivity contribution in [2.75, 3.05) is 13.6 Å². The fraction of sp³-hybridized carbons (Fsp3) is 0.929. The molecule has 3 unspecified atom stereocenters. The van der Waals surface area contributed by atoms with Gasteiger partial charge in [-0.1, -0.05) is 27.2 Å². The van der Waals surface area contributed by atoms with E-state index < -0.39 is 0 Å².